The molecule has 2 amide bonds. The molecular weight excluding hydrogens is 437 g/mol. The number of amides is 2. The minimum absolute atomic E-state index is 0.0146. The number of aromatic nitrogens is 3. The van der Waals surface area contributed by atoms with E-state index in [1.54, 1.807) is 18.2 Å². The van der Waals surface area contributed by atoms with E-state index in [9.17, 15) is 9.59 Å². The molecule has 9 heteroatoms. The first-order valence-electron chi connectivity index (χ1n) is 10.9. The fourth-order valence-electron chi connectivity index (χ4n) is 3.93. The lowest BCUT2D eigenvalue weighted by molar-refractivity contribution is -0.136. The molecule has 0 spiro atoms. The molecular formula is C22H29Cl2N5O2. The smallest absolute Gasteiger partial charge is 0.291 e. The summed E-state index contributed by atoms with van der Waals surface area (Å²) in [5, 5.41) is 8.28. The number of nitrogens with zero attached hydrogens (tertiary/aromatic N) is 4. The van der Waals surface area contributed by atoms with E-state index >= 15 is 0 Å². The fourth-order valence-corrected chi connectivity index (χ4v) is 4.49. The van der Waals surface area contributed by atoms with Gasteiger partial charge in [-0.15, -0.1) is 5.10 Å². The molecule has 1 aromatic heterocycles. The highest BCUT2D eigenvalue weighted by atomic mass is 35.5. The van der Waals surface area contributed by atoms with E-state index in [-0.39, 0.29) is 29.6 Å². The number of piperidine rings is 1. The van der Waals surface area contributed by atoms with Crippen molar-refractivity contribution in [2.45, 2.75) is 58.9 Å². The minimum Gasteiger partial charge on any atom is -0.346 e. The lowest BCUT2D eigenvalue weighted by Crippen LogP contribution is -2.48. The maximum Gasteiger partial charge on any atom is 0.291 e. The predicted molar refractivity (Wildman–Crippen MR) is 122 cm³/mol. The van der Waals surface area contributed by atoms with E-state index in [0.29, 0.717) is 41.1 Å². The molecule has 0 saturated carbocycles. The third kappa shape index (κ3) is 5.21. The van der Waals surface area contributed by atoms with E-state index < -0.39 is 0 Å². The summed E-state index contributed by atoms with van der Waals surface area (Å²) in [5.74, 6) is 0.665. The van der Waals surface area contributed by atoms with E-state index in [1.807, 2.05) is 25.7 Å². The van der Waals surface area contributed by atoms with Crippen LogP contribution in [0, 0.1) is 5.92 Å². The Bertz CT molecular complexity index is 914. The Kier molecular flexibility index (Phi) is 7.94. The molecule has 2 heterocycles. The monoisotopic (exact) mass is 465 g/mol. The van der Waals surface area contributed by atoms with Gasteiger partial charge in [-0.3, -0.25) is 9.59 Å². The van der Waals surface area contributed by atoms with Crippen molar-refractivity contribution < 1.29 is 9.59 Å². The molecule has 0 unspecified atom stereocenters. The zero-order valence-electron chi connectivity index (χ0n) is 18.2. The lowest BCUT2D eigenvalue weighted by atomic mass is 9.98. The summed E-state index contributed by atoms with van der Waals surface area (Å²) in [7, 11) is 0. The first kappa shape index (κ1) is 23.5. The Morgan fingerprint density at radius 1 is 1.13 bits per heavy atom. The number of benzene rings is 1. The fraction of sp³-hybridized carbons (Fsp3) is 0.545. The van der Waals surface area contributed by atoms with Crippen molar-refractivity contribution >= 4 is 35.0 Å². The Labute approximate surface area is 193 Å². The normalized spacial score (nSPS) is 14.8. The molecule has 1 fully saturated rings. The first-order chi connectivity index (χ1) is 14.9. The van der Waals surface area contributed by atoms with Gasteiger partial charge < -0.3 is 10.2 Å². The van der Waals surface area contributed by atoms with Gasteiger partial charge in [-0.05, 0) is 37.8 Å². The van der Waals surface area contributed by atoms with Gasteiger partial charge in [-0.1, -0.05) is 50.0 Å². The number of rotatable bonds is 7. The average molecular weight is 466 g/mol. The van der Waals surface area contributed by atoms with Gasteiger partial charge in [0.25, 0.3) is 5.91 Å². The maximum absolute atomic E-state index is 12.8. The molecule has 0 atom stereocenters. The second-order valence-electron chi connectivity index (χ2n) is 7.77. The van der Waals surface area contributed by atoms with Crippen molar-refractivity contribution in [2.75, 3.05) is 13.1 Å². The summed E-state index contributed by atoms with van der Waals surface area (Å²) in [4.78, 5) is 31.7. The maximum atomic E-state index is 12.8. The van der Waals surface area contributed by atoms with Crippen molar-refractivity contribution in [3.63, 3.8) is 0 Å². The minimum atomic E-state index is -0.332. The van der Waals surface area contributed by atoms with E-state index in [0.717, 1.165) is 25.7 Å². The Hall–Kier alpha value is -2.12. The van der Waals surface area contributed by atoms with Crippen LogP contribution in [0.2, 0.25) is 10.0 Å². The van der Waals surface area contributed by atoms with Gasteiger partial charge in [0.2, 0.25) is 11.7 Å². The lowest BCUT2D eigenvalue weighted by Gasteiger charge is -2.34. The highest BCUT2D eigenvalue weighted by Crippen LogP contribution is 2.28. The molecule has 3 rings (SSSR count). The molecule has 0 radical (unpaired) electrons. The van der Waals surface area contributed by atoms with Gasteiger partial charge in [-0.2, -0.15) is 0 Å². The number of likely N-dealkylation sites (tertiary alicyclic amines) is 1. The second kappa shape index (κ2) is 10.5. The van der Waals surface area contributed by atoms with Gasteiger partial charge in [-0.25, -0.2) is 9.67 Å². The van der Waals surface area contributed by atoms with Gasteiger partial charge in [0, 0.05) is 31.5 Å². The standard InChI is InChI=1S/C22H29Cl2N5O2/c1-4-14(5-2)22(31)28-12-10-15(11-13-28)25-21(30)20-26-18(6-3)29(27-20)19-16(23)8-7-9-17(19)24/h7-9,14-15H,4-6,10-13H2,1-3H3,(H,25,30). The molecule has 0 bridgehead atoms. The van der Waals surface area contributed by atoms with Crippen LogP contribution in [-0.2, 0) is 11.2 Å². The molecule has 0 aliphatic carbocycles. The van der Waals surface area contributed by atoms with Crippen molar-refractivity contribution in [1.82, 2.24) is 25.0 Å². The quantitative estimate of drug-likeness (QED) is 0.660. The summed E-state index contributed by atoms with van der Waals surface area (Å²) >= 11 is 12.6. The third-order valence-corrected chi connectivity index (χ3v) is 6.43. The zero-order valence-corrected chi connectivity index (χ0v) is 19.7. The SMILES string of the molecule is CCc1nc(C(=O)NC2CCN(C(=O)C(CC)CC)CC2)nn1-c1c(Cl)cccc1Cl. The van der Waals surface area contributed by atoms with Crippen LogP contribution in [0.15, 0.2) is 18.2 Å². The van der Waals surface area contributed by atoms with Crippen molar-refractivity contribution in [3.8, 4) is 5.69 Å². The number of halogens is 2. The largest absolute Gasteiger partial charge is 0.346 e. The van der Waals surface area contributed by atoms with E-state index in [2.05, 4.69) is 15.4 Å². The number of aryl methyl sites for hydroxylation is 1. The summed E-state index contributed by atoms with van der Waals surface area (Å²) in [6, 6.07) is 5.19. The van der Waals surface area contributed by atoms with Crippen LogP contribution < -0.4 is 5.32 Å². The predicted octanol–water partition coefficient (Wildman–Crippen LogP) is 4.29. The summed E-state index contributed by atoms with van der Waals surface area (Å²) in [6.45, 7) is 7.33. The number of carbonyl (C=O) groups is 2. The highest BCUT2D eigenvalue weighted by Gasteiger charge is 2.28. The molecule has 31 heavy (non-hydrogen) atoms. The Morgan fingerprint density at radius 3 is 2.29 bits per heavy atom. The van der Waals surface area contributed by atoms with Crippen LogP contribution in [0.1, 0.15) is 62.9 Å². The van der Waals surface area contributed by atoms with Crippen LogP contribution in [0.25, 0.3) is 5.69 Å². The van der Waals surface area contributed by atoms with E-state index in [4.69, 9.17) is 23.2 Å². The summed E-state index contributed by atoms with van der Waals surface area (Å²) < 4.78 is 1.54. The van der Waals surface area contributed by atoms with Crippen molar-refractivity contribution in [3.05, 3.63) is 39.9 Å². The van der Waals surface area contributed by atoms with Crippen molar-refractivity contribution in [2.24, 2.45) is 5.92 Å². The van der Waals surface area contributed by atoms with Gasteiger partial charge in [0.05, 0.1) is 10.0 Å². The number of nitrogens with one attached hydrogen (secondary N) is 1. The van der Waals surface area contributed by atoms with Crippen LogP contribution >= 0.6 is 23.2 Å². The topological polar surface area (TPSA) is 80.1 Å². The molecule has 7 nitrogen and oxygen atoms in total. The Morgan fingerprint density at radius 2 is 1.74 bits per heavy atom. The van der Waals surface area contributed by atoms with Gasteiger partial charge in [0.15, 0.2) is 0 Å². The van der Waals surface area contributed by atoms with Crippen LogP contribution in [0.3, 0.4) is 0 Å². The van der Waals surface area contributed by atoms with E-state index in [1.165, 1.54) is 4.68 Å². The summed E-state index contributed by atoms with van der Waals surface area (Å²) in [5.41, 5.74) is 0.516. The molecule has 2 aromatic rings. The number of para-hydroxylation sites is 1. The molecule has 1 saturated heterocycles. The van der Waals surface area contributed by atoms with Crippen LogP contribution in [0.5, 0.6) is 0 Å². The molecule has 1 aliphatic rings. The number of carbonyl (C=O) groups excluding carboxylic acids is 2. The molecule has 1 aromatic carbocycles. The molecule has 1 aliphatic heterocycles. The van der Waals surface area contributed by atoms with Crippen LogP contribution in [-0.4, -0.2) is 50.6 Å². The molecule has 1 N–H and O–H groups in total. The average Bonchev–Trinajstić information content (AvgIpc) is 3.19. The van der Waals surface area contributed by atoms with Gasteiger partial charge >= 0.3 is 0 Å². The molecule has 168 valence electrons. The number of hydrogen-bond acceptors (Lipinski definition) is 4. The number of hydrogen-bond donors (Lipinski definition) is 1. The van der Waals surface area contributed by atoms with Crippen LogP contribution in [0.4, 0.5) is 0 Å². The second-order valence-corrected chi connectivity index (χ2v) is 8.59. The third-order valence-electron chi connectivity index (χ3n) is 5.82. The van der Waals surface area contributed by atoms with Crippen molar-refractivity contribution in [1.29, 1.82) is 0 Å². The Balaban J connectivity index is 1.67. The van der Waals surface area contributed by atoms with Gasteiger partial charge in [0.1, 0.15) is 11.5 Å². The summed E-state index contributed by atoms with van der Waals surface area (Å²) in [6.07, 6.45) is 3.72. The highest BCUT2D eigenvalue weighted by molar-refractivity contribution is 6.37. The first-order valence-corrected chi connectivity index (χ1v) is 11.6. The zero-order chi connectivity index (χ0) is 22.5.